The maximum absolute atomic E-state index is 13.3. The van der Waals surface area contributed by atoms with Gasteiger partial charge in [-0.2, -0.15) is 13.1 Å². The molecule has 0 bridgehead atoms. The molecule has 0 aromatic heterocycles. The quantitative estimate of drug-likeness (QED) is 0.131. The topological polar surface area (TPSA) is 0 Å². The molecule has 2 aromatic rings. The van der Waals surface area contributed by atoms with Gasteiger partial charge in [-0.15, -0.1) is 0 Å². The Morgan fingerprint density at radius 1 is 0.541 bits per heavy atom. The van der Waals surface area contributed by atoms with Gasteiger partial charge in [0.25, 0.3) is 0 Å². The van der Waals surface area contributed by atoms with Crippen LogP contribution >= 0.6 is 0 Å². The van der Waals surface area contributed by atoms with Crippen molar-refractivity contribution in [1.82, 2.24) is 0 Å². The van der Waals surface area contributed by atoms with Crippen LogP contribution in [-0.4, -0.2) is 14.6 Å². The van der Waals surface area contributed by atoms with E-state index >= 15 is 0 Å². The summed E-state index contributed by atoms with van der Waals surface area (Å²) in [6, 6.07) is 10.3. The zero-order valence-corrected chi connectivity index (χ0v) is 25.2. The van der Waals surface area contributed by atoms with Gasteiger partial charge in [0.15, 0.2) is 0 Å². The van der Waals surface area contributed by atoms with Crippen LogP contribution in [0.1, 0.15) is 121 Å². The number of benzene rings is 2. The van der Waals surface area contributed by atoms with E-state index in [-0.39, 0.29) is 26.2 Å². The second kappa shape index (κ2) is 22.4. The summed E-state index contributed by atoms with van der Waals surface area (Å²) in [5.41, 5.74) is 5.05. The first-order valence-corrected chi connectivity index (χ1v) is 16.3. The Morgan fingerprint density at radius 3 is 1.32 bits per heavy atom. The van der Waals surface area contributed by atoms with Crippen molar-refractivity contribution in [2.45, 2.75) is 137 Å². The number of unbranched alkanes of at least 4 members (excludes halogenated alkanes) is 15. The van der Waals surface area contributed by atoms with Crippen molar-refractivity contribution < 1.29 is 8.78 Å². The molecule has 0 aliphatic carbocycles. The molecule has 0 heterocycles. The standard InChI is InChI=1S/C25H45BF.C8H11BF/c1-3-4-5-6-7-8-9-10-11-12-13-14-15-16-17-18-21-26-25-22-24(27)20-19-23(25)2;1-6-3-4-7(10)5-8(6)9-2/h19-20,22H,3-18,21,26H2,1-2H3;3-5H,9H2,1-2H3/q2*-1. The molecule has 0 amide bonds. The van der Waals surface area contributed by atoms with E-state index in [4.69, 9.17) is 0 Å². The number of aryl methyl sites for hydroxylation is 2. The van der Waals surface area contributed by atoms with Gasteiger partial charge >= 0.3 is 0 Å². The highest BCUT2D eigenvalue weighted by atomic mass is 19.1. The van der Waals surface area contributed by atoms with Crippen LogP contribution in [0.4, 0.5) is 8.78 Å². The van der Waals surface area contributed by atoms with E-state index in [1.165, 1.54) is 137 Å². The second-order valence-electron chi connectivity index (χ2n) is 11.6. The molecule has 0 nitrogen and oxygen atoms in total. The SMILES string of the molecule is CCCCCCCCCCCCCCCCCC[BH2-]c1cc(F)ccc1C.C[BH2-]c1cc(F)ccc1C. The predicted octanol–water partition coefficient (Wildman–Crippen LogP) is 8.58. The van der Waals surface area contributed by atoms with E-state index in [9.17, 15) is 8.78 Å². The third-order valence-electron chi connectivity index (χ3n) is 8.31. The van der Waals surface area contributed by atoms with Gasteiger partial charge in [-0.05, 0) is 40.5 Å². The van der Waals surface area contributed by atoms with Crippen LogP contribution in [0.5, 0.6) is 0 Å². The molecule has 0 unspecified atom stereocenters. The molecule has 0 fully saturated rings. The Bertz CT molecular complexity index is 822. The summed E-state index contributed by atoms with van der Waals surface area (Å²) in [6.45, 7) is 8.59. The van der Waals surface area contributed by atoms with Crippen molar-refractivity contribution in [3.8, 4) is 0 Å². The van der Waals surface area contributed by atoms with Gasteiger partial charge in [-0.3, -0.25) is 0 Å². The van der Waals surface area contributed by atoms with Gasteiger partial charge in [0.2, 0.25) is 0 Å². The third-order valence-corrected chi connectivity index (χ3v) is 8.31. The molecule has 0 aliphatic rings. The smallest absolute Gasteiger partial charge is 0.120 e. The third kappa shape index (κ3) is 17.5. The van der Waals surface area contributed by atoms with Crippen molar-refractivity contribution in [3.63, 3.8) is 0 Å². The summed E-state index contributed by atoms with van der Waals surface area (Å²) in [4.78, 5) is 0. The molecular weight excluding hydrogens is 456 g/mol. The lowest BCUT2D eigenvalue weighted by atomic mass is 9.64. The van der Waals surface area contributed by atoms with Crippen molar-refractivity contribution >= 4 is 25.5 Å². The van der Waals surface area contributed by atoms with E-state index in [2.05, 4.69) is 20.7 Å². The van der Waals surface area contributed by atoms with Crippen LogP contribution in [0.3, 0.4) is 0 Å². The lowest BCUT2D eigenvalue weighted by Crippen LogP contribution is -2.17. The normalized spacial score (nSPS) is 10.9. The fourth-order valence-corrected chi connectivity index (χ4v) is 5.57. The van der Waals surface area contributed by atoms with Crippen molar-refractivity contribution in [1.29, 1.82) is 0 Å². The number of hydrogen-bond acceptors (Lipinski definition) is 0. The van der Waals surface area contributed by atoms with E-state index in [0.29, 0.717) is 0 Å². The van der Waals surface area contributed by atoms with Crippen LogP contribution in [0, 0.1) is 25.5 Å². The van der Waals surface area contributed by atoms with E-state index < -0.39 is 0 Å². The van der Waals surface area contributed by atoms with Crippen LogP contribution in [-0.2, 0) is 0 Å². The average molecular weight is 512 g/mol. The van der Waals surface area contributed by atoms with Crippen molar-refractivity contribution in [2.75, 3.05) is 0 Å². The molecule has 210 valence electrons. The highest BCUT2D eigenvalue weighted by Gasteiger charge is 1.97. The monoisotopic (exact) mass is 512 g/mol. The van der Waals surface area contributed by atoms with Gasteiger partial charge in [0, 0.05) is 0 Å². The first kappa shape index (κ1) is 33.5. The summed E-state index contributed by atoms with van der Waals surface area (Å²) in [5, 5.41) is 0. The largest absolute Gasteiger partial charge is 0.212 e. The fraction of sp³-hybridized carbons (Fsp3) is 0.636. The lowest BCUT2D eigenvalue weighted by molar-refractivity contribution is 0.531. The molecule has 2 rings (SSSR count). The zero-order valence-electron chi connectivity index (χ0n) is 25.2. The maximum atomic E-state index is 13.3. The van der Waals surface area contributed by atoms with Gasteiger partial charge in [0.1, 0.15) is 11.6 Å². The Morgan fingerprint density at radius 2 is 0.919 bits per heavy atom. The lowest BCUT2D eigenvalue weighted by Gasteiger charge is -2.11. The molecule has 0 aliphatic heterocycles. The molecule has 0 radical (unpaired) electrons. The first-order chi connectivity index (χ1) is 18.0. The molecular formula is C33H56B2F2-2. The number of halogens is 2. The van der Waals surface area contributed by atoms with Gasteiger partial charge in [-0.25, -0.2) is 19.7 Å². The highest BCUT2D eigenvalue weighted by molar-refractivity contribution is 6.54. The van der Waals surface area contributed by atoms with Crippen LogP contribution in [0.15, 0.2) is 36.4 Å². The molecule has 2 aromatic carbocycles. The van der Waals surface area contributed by atoms with E-state index in [1.807, 2.05) is 19.1 Å². The molecule has 0 N–H and O–H groups in total. The molecule has 0 saturated carbocycles. The highest BCUT2D eigenvalue weighted by Crippen LogP contribution is 2.14. The zero-order chi connectivity index (χ0) is 27.1. The molecule has 37 heavy (non-hydrogen) atoms. The Hall–Kier alpha value is -1.57. The first-order valence-electron chi connectivity index (χ1n) is 16.3. The number of rotatable bonds is 19. The molecule has 0 atom stereocenters. The predicted molar refractivity (Wildman–Crippen MR) is 169 cm³/mol. The molecule has 4 heteroatoms. The summed E-state index contributed by atoms with van der Waals surface area (Å²) in [7, 11) is -0.225. The minimum absolute atomic E-state index is 0.0636. The Kier molecular flexibility index (Phi) is 20.3. The minimum Gasteiger partial charge on any atom is -0.212 e. The van der Waals surface area contributed by atoms with Crippen LogP contribution < -0.4 is 10.9 Å². The fourth-order valence-electron chi connectivity index (χ4n) is 5.57. The van der Waals surface area contributed by atoms with E-state index in [1.54, 1.807) is 18.2 Å². The molecule has 0 saturated heterocycles. The van der Waals surface area contributed by atoms with Gasteiger partial charge < -0.3 is 0 Å². The summed E-state index contributed by atoms with van der Waals surface area (Å²) < 4.78 is 25.8. The molecule has 0 spiro atoms. The Labute approximate surface area is 229 Å². The summed E-state index contributed by atoms with van der Waals surface area (Å²) in [5.74, 6) is -0.169. The van der Waals surface area contributed by atoms with Crippen molar-refractivity contribution in [2.24, 2.45) is 0 Å². The van der Waals surface area contributed by atoms with Gasteiger partial charge in [0.05, 0.1) is 0 Å². The average Bonchev–Trinajstić information content (AvgIpc) is 2.89. The maximum Gasteiger partial charge on any atom is 0.120 e. The summed E-state index contributed by atoms with van der Waals surface area (Å²) >= 11 is 0. The van der Waals surface area contributed by atoms with E-state index in [0.717, 1.165) is 0 Å². The number of hydrogen-bond donors (Lipinski definition) is 0. The summed E-state index contributed by atoms with van der Waals surface area (Å²) in [6.07, 6.45) is 24.1. The minimum atomic E-state index is -0.137. The van der Waals surface area contributed by atoms with Gasteiger partial charge in [-0.1, -0.05) is 145 Å². The second-order valence-corrected chi connectivity index (χ2v) is 11.6. The Balaban J connectivity index is 0.000000568. The van der Waals surface area contributed by atoms with Crippen molar-refractivity contribution in [3.05, 3.63) is 59.2 Å². The van der Waals surface area contributed by atoms with Crippen LogP contribution in [0.2, 0.25) is 13.1 Å². The van der Waals surface area contributed by atoms with Crippen LogP contribution in [0.25, 0.3) is 0 Å².